The van der Waals surface area contributed by atoms with Crippen molar-refractivity contribution < 1.29 is 18.0 Å². The topological polar surface area (TPSA) is 68.9 Å². The molecule has 0 bridgehead atoms. The van der Waals surface area contributed by atoms with Crippen LogP contribution in [0.2, 0.25) is 0 Å². The number of para-hydroxylation sites is 1. The maximum Gasteiger partial charge on any atom is 0.451 e. The predicted octanol–water partition coefficient (Wildman–Crippen LogP) is 4.57. The molecule has 0 spiro atoms. The molecule has 0 radical (unpaired) electrons. The number of ketones is 1. The fourth-order valence-corrected chi connectivity index (χ4v) is 3.94. The van der Waals surface area contributed by atoms with Crippen LogP contribution in [0.25, 0.3) is 10.9 Å². The molecule has 0 aliphatic rings. The minimum Gasteiger partial charge on any atom is -0.326 e. The van der Waals surface area contributed by atoms with Crippen LogP contribution in [0.3, 0.4) is 0 Å². The summed E-state index contributed by atoms with van der Waals surface area (Å²) in [6, 6.07) is 9.87. The zero-order chi connectivity index (χ0) is 18.0. The van der Waals surface area contributed by atoms with E-state index in [1.54, 1.807) is 30.3 Å². The van der Waals surface area contributed by atoms with Gasteiger partial charge < -0.3 is 5.73 Å². The van der Waals surface area contributed by atoms with E-state index in [4.69, 9.17) is 5.73 Å². The Balaban J connectivity index is 0.00000243. The molecular formula is C16H13ClF3N3OS2. The van der Waals surface area contributed by atoms with E-state index in [0.29, 0.717) is 16.8 Å². The van der Waals surface area contributed by atoms with Crippen molar-refractivity contribution in [1.29, 1.82) is 0 Å². The third kappa shape index (κ3) is 4.53. The van der Waals surface area contributed by atoms with Crippen LogP contribution < -0.4 is 5.73 Å². The summed E-state index contributed by atoms with van der Waals surface area (Å²) in [6.45, 7) is 0.344. The number of hydrogen-bond donors (Lipinski definition) is 1. The van der Waals surface area contributed by atoms with Gasteiger partial charge in [-0.1, -0.05) is 30.0 Å². The molecule has 4 nitrogen and oxygen atoms in total. The van der Waals surface area contributed by atoms with Crippen molar-refractivity contribution in [1.82, 2.24) is 9.97 Å². The molecule has 2 heterocycles. The normalized spacial score (nSPS) is 11.4. The second-order valence-corrected chi connectivity index (χ2v) is 7.18. The highest BCUT2D eigenvalue weighted by molar-refractivity contribution is 8.00. The Bertz CT molecular complexity index is 930. The number of alkyl halides is 3. The number of carbonyl (C=O) groups excluding carboxylic acids is 1. The molecule has 2 N–H and O–H groups in total. The number of nitrogens with zero attached hydrogens (tertiary/aromatic N) is 2. The standard InChI is InChI=1S/C16H12F3N3OS2.ClH/c17-16(18,19)15-21-11-4-2-1-3-10(11)14(22-15)24-8-12(23)13-6-5-9(7-20)25-13;/h1-6H,7-8,20H2;1H. The Morgan fingerprint density at radius 3 is 2.54 bits per heavy atom. The van der Waals surface area contributed by atoms with Gasteiger partial charge in [-0.25, -0.2) is 9.97 Å². The Morgan fingerprint density at radius 2 is 1.88 bits per heavy atom. The average molecular weight is 420 g/mol. The number of aromatic nitrogens is 2. The molecule has 3 aromatic rings. The van der Waals surface area contributed by atoms with Gasteiger partial charge in [-0.15, -0.1) is 23.7 Å². The molecule has 0 aliphatic heterocycles. The molecule has 26 heavy (non-hydrogen) atoms. The Morgan fingerprint density at radius 1 is 1.15 bits per heavy atom. The number of rotatable bonds is 5. The maximum atomic E-state index is 13.0. The lowest BCUT2D eigenvalue weighted by Gasteiger charge is -2.09. The van der Waals surface area contributed by atoms with Crippen LogP contribution in [0, 0.1) is 0 Å². The van der Waals surface area contributed by atoms with Crippen molar-refractivity contribution in [2.75, 3.05) is 5.75 Å². The first-order valence-electron chi connectivity index (χ1n) is 7.17. The van der Waals surface area contributed by atoms with Crippen LogP contribution in [-0.2, 0) is 12.7 Å². The van der Waals surface area contributed by atoms with E-state index in [0.717, 1.165) is 16.6 Å². The molecule has 0 saturated heterocycles. The lowest BCUT2D eigenvalue weighted by atomic mass is 10.2. The largest absolute Gasteiger partial charge is 0.451 e. The molecule has 0 unspecified atom stereocenters. The van der Waals surface area contributed by atoms with Gasteiger partial charge in [0.2, 0.25) is 5.82 Å². The molecule has 1 aromatic carbocycles. The van der Waals surface area contributed by atoms with Gasteiger partial charge in [-0.3, -0.25) is 4.79 Å². The van der Waals surface area contributed by atoms with Crippen molar-refractivity contribution in [3.05, 3.63) is 52.0 Å². The average Bonchev–Trinajstić information content (AvgIpc) is 3.07. The number of Topliss-reactive ketones (excluding diaryl/α,β-unsaturated/α-hetero) is 1. The molecule has 10 heteroatoms. The number of fused-ring (bicyclic) bond motifs is 1. The summed E-state index contributed by atoms with van der Waals surface area (Å²) >= 11 is 2.26. The van der Waals surface area contributed by atoms with Crippen LogP contribution >= 0.6 is 35.5 Å². The Hall–Kier alpha value is -1.68. The molecule has 2 aromatic heterocycles. The van der Waals surface area contributed by atoms with Gasteiger partial charge in [-0.2, -0.15) is 13.2 Å². The summed E-state index contributed by atoms with van der Waals surface area (Å²) in [4.78, 5) is 20.8. The fourth-order valence-electron chi connectivity index (χ4n) is 2.13. The number of carbonyl (C=O) groups is 1. The summed E-state index contributed by atoms with van der Waals surface area (Å²) in [7, 11) is 0. The predicted molar refractivity (Wildman–Crippen MR) is 99.1 cm³/mol. The SMILES string of the molecule is Cl.NCc1ccc(C(=O)CSc2nc(C(F)(F)F)nc3ccccc23)s1. The fraction of sp³-hybridized carbons (Fsp3) is 0.188. The van der Waals surface area contributed by atoms with Gasteiger partial charge in [0.25, 0.3) is 0 Å². The second-order valence-electron chi connectivity index (χ2n) is 5.05. The van der Waals surface area contributed by atoms with Crippen molar-refractivity contribution in [2.24, 2.45) is 5.73 Å². The van der Waals surface area contributed by atoms with E-state index in [1.807, 2.05) is 0 Å². The van der Waals surface area contributed by atoms with E-state index in [-0.39, 0.29) is 34.5 Å². The number of hydrogen-bond acceptors (Lipinski definition) is 6. The van der Waals surface area contributed by atoms with Crippen molar-refractivity contribution in [3.63, 3.8) is 0 Å². The molecule has 0 aliphatic carbocycles. The Labute approximate surface area is 161 Å². The summed E-state index contributed by atoms with van der Waals surface area (Å²) in [6.07, 6.45) is -4.65. The third-order valence-electron chi connectivity index (χ3n) is 3.30. The molecule has 0 atom stereocenters. The number of halogens is 4. The summed E-state index contributed by atoms with van der Waals surface area (Å²) < 4.78 is 39.0. The molecule has 0 fully saturated rings. The van der Waals surface area contributed by atoms with Crippen LogP contribution in [0.5, 0.6) is 0 Å². The number of thioether (sulfide) groups is 1. The van der Waals surface area contributed by atoms with Crippen molar-refractivity contribution in [2.45, 2.75) is 17.7 Å². The van der Waals surface area contributed by atoms with Gasteiger partial charge in [-0.05, 0) is 18.2 Å². The number of benzene rings is 1. The summed E-state index contributed by atoms with van der Waals surface area (Å²) in [5, 5.41) is 0.629. The highest BCUT2D eigenvalue weighted by atomic mass is 35.5. The maximum absolute atomic E-state index is 13.0. The number of nitrogens with two attached hydrogens (primary N) is 1. The lowest BCUT2D eigenvalue weighted by molar-refractivity contribution is -0.145. The van der Waals surface area contributed by atoms with Gasteiger partial charge in [0.1, 0.15) is 5.03 Å². The van der Waals surface area contributed by atoms with Gasteiger partial charge in [0, 0.05) is 16.8 Å². The van der Waals surface area contributed by atoms with Crippen LogP contribution in [0.15, 0.2) is 41.4 Å². The first kappa shape index (κ1) is 20.6. The minimum absolute atomic E-state index is 0. The quantitative estimate of drug-likeness (QED) is 0.373. The highest BCUT2D eigenvalue weighted by Crippen LogP contribution is 2.32. The molecule has 138 valence electrons. The van der Waals surface area contributed by atoms with E-state index in [1.165, 1.54) is 17.4 Å². The van der Waals surface area contributed by atoms with E-state index in [2.05, 4.69) is 9.97 Å². The smallest absolute Gasteiger partial charge is 0.326 e. The summed E-state index contributed by atoms with van der Waals surface area (Å²) in [5.41, 5.74) is 5.71. The van der Waals surface area contributed by atoms with Crippen molar-refractivity contribution in [3.8, 4) is 0 Å². The van der Waals surface area contributed by atoms with Crippen LogP contribution in [-0.4, -0.2) is 21.5 Å². The molecule has 0 saturated carbocycles. The monoisotopic (exact) mass is 419 g/mol. The highest BCUT2D eigenvalue weighted by Gasteiger charge is 2.35. The Kier molecular flexibility index (Phi) is 6.62. The van der Waals surface area contributed by atoms with Crippen LogP contribution in [0.1, 0.15) is 20.4 Å². The van der Waals surface area contributed by atoms with Crippen molar-refractivity contribution >= 4 is 52.2 Å². The first-order valence-corrected chi connectivity index (χ1v) is 8.97. The minimum atomic E-state index is -4.65. The molecular weight excluding hydrogens is 407 g/mol. The summed E-state index contributed by atoms with van der Waals surface area (Å²) in [5.74, 6) is -1.39. The van der Waals surface area contributed by atoms with E-state index < -0.39 is 12.0 Å². The third-order valence-corrected chi connectivity index (χ3v) is 5.44. The van der Waals surface area contributed by atoms with Gasteiger partial charge in [0.05, 0.1) is 16.1 Å². The van der Waals surface area contributed by atoms with Gasteiger partial charge >= 0.3 is 6.18 Å². The number of thiophene rings is 1. The zero-order valence-electron chi connectivity index (χ0n) is 13.1. The molecule has 3 rings (SSSR count). The van der Waals surface area contributed by atoms with Crippen LogP contribution in [0.4, 0.5) is 13.2 Å². The van der Waals surface area contributed by atoms with Gasteiger partial charge in [0.15, 0.2) is 5.78 Å². The van der Waals surface area contributed by atoms with E-state index in [9.17, 15) is 18.0 Å². The molecule has 0 amide bonds. The second kappa shape index (κ2) is 8.34. The lowest BCUT2D eigenvalue weighted by Crippen LogP contribution is -2.12. The van der Waals surface area contributed by atoms with E-state index >= 15 is 0 Å². The first-order chi connectivity index (χ1) is 11.9. The zero-order valence-corrected chi connectivity index (χ0v) is 15.6.